The normalized spacial score (nSPS) is 10.3. The predicted octanol–water partition coefficient (Wildman–Crippen LogP) is 2.87. The molecule has 0 aliphatic heterocycles. The Bertz CT molecular complexity index is 214. The van der Waals surface area contributed by atoms with Crippen LogP contribution in [-0.2, 0) is 0 Å². The minimum atomic E-state index is 1.05. The molecule has 0 aliphatic carbocycles. The highest BCUT2D eigenvalue weighted by molar-refractivity contribution is 6.34. The van der Waals surface area contributed by atoms with Gasteiger partial charge in [-0.25, -0.2) is 0 Å². The molecule has 1 rings (SSSR count). The van der Waals surface area contributed by atoms with E-state index in [-0.39, 0.29) is 0 Å². The van der Waals surface area contributed by atoms with Crippen molar-refractivity contribution in [1.29, 1.82) is 0 Å². The molecule has 0 aromatic heterocycles. The third kappa shape index (κ3) is 3.08. The van der Waals surface area contributed by atoms with Crippen LogP contribution in [0.25, 0.3) is 6.08 Å². The van der Waals surface area contributed by atoms with E-state index in [1.54, 1.807) is 0 Å². The van der Waals surface area contributed by atoms with Gasteiger partial charge in [-0.3, -0.25) is 0 Å². The first-order valence-electron chi connectivity index (χ1n) is 3.93. The summed E-state index contributed by atoms with van der Waals surface area (Å²) in [6.45, 7) is 2.06. The van der Waals surface area contributed by atoms with Gasteiger partial charge in [-0.1, -0.05) is 55.6 Å². The summed E-state index contributed by atoms with van der Waals surface area (Å²) in [6, 6.07) is 10.3. The highest BCUT2D eigenvalue weighted by Crippen LogP contribution is 2.01. The monoisotopic (exact) mass is 143 g/mol. The van der Waals surface area contributed by atoms with Gasteiger partial charge in [0, 0.05) is 0 Å². The summed E-state index contributed by atoms with van der Waals surface area (Å²) < 4.78 is 0. The van der Waals surface area contributed by atoms with Crippen LogP contribution in [0.3, 0.4) is 0 Å². The molecule has 0 fully saturated rings. The zero-order chi connectivity index (χ0) is 7.94. The lowest BCUT2D eigenvalue weighted by Gasteiger charge is -1.89. The molecule has 0 N–H and O–H groups in total. The van der Waals surface area contributed by atoms with Gasteiger partial charge in [0.1, 0.15) is 7.28 Å². The van der Waals surface area contributed by atoms with Crippen molar-refractivity contribution in [2.45, 2.75) is 13.1 Å². The maximum absolute atomic E-state index is 2.16. The number of hydrogen-bond acceptors (Lipinski definition) is 0. The molecular formula is C10H12B. The van der Waals surface area contributed by atoms with Crippen LogP contribution in [0, 0.1) is 0 Å². The van der Waals surface area contributed by atoms with Crippen molar-refractivity contribution in [3.05, 3.63) is 42.0 Å². The second-order valence-corrected chi connectivity index (χ2v) is 2.46. The fraction of sp³-hybridized carbons (Fsp3) is 0.200. The van der Waals surface area contributed by atoms with E-state index in [4.69, 9.17) is 0 Å². The largest absolute Gasteiger partial charge is 0.110 e. The lowest BCUT2D eigenvalue weighted by atomic mass is 9.78. The van der Waals surface area contributed by atoms with E-state index < -0.39 is 0 Å². The molecule has 1 radical (unpaired) electrons. The Kier molecular flexibility index (Phi) is 3.53. The molecular weight excluding hydrogens is 131 g/mol. The molecule has 0 nitrogen and oxygen atoms in total. The van der Waals surface area contributed by atoms with Crippen molar-refractivity contribution in [3.63, 3.8) is 0 Å². The Morgan fingerprint density at radius 3 is 2.64 bits per heavy atom. The van der Waals surface area contributed by atoms with Crippen LogP contribution in [0.5, 0.6) is 0 Å². The summed E-state index contributed by atoms with van der Waals surface area (Å²) in [7, 11) is 2.14. The molecule has 11 heavy (non-hydrogen) atoms. The summed E-state index contributed by atoms with van der Waals surface area (Å²) >= 11 is 0. The van der Waals surface area contributed by atoms with Crippen molar-refractivity contribution in [2.75, 3.05) is 0 Å². The first kappa shape index (κ1) is 8.12. The summed E-state index contributed by atoms with van der Waals surface area (Å²) in [4.78, 5) is 0. The molecule has 1 aromatic carbocycles. The molecule has 0 unspecified atom stereocenters. The summed E-state index contributed by atoms with van der Waals surface area (Å²) in [5.41, 5.74) is 1.27. The van der Waals surface area contributed by atoms with Gasteiger partial charge in [0.05, 0.1) is 0 Å². The van der Waals surface area contributed by atoms with Gasteiger partial charge in [-0.05, 0) is 5.56 Å². The number of hydrogen-bond donors (Lipinski definition) is 0. The molecule has 1 heteroatoms. The molecule has 0 bridgehead atoms. The minimum Gasteiger partial charge on any atom is -0.0918 e. The molecule has 1 aromatic rings. The van der Waals surface area contributed by atoms with Gasteiger partial charge in [-0.15, -0.1) is 0 Å². The first-order chi connectivity index (χ1) is 5.43. The van der Waals surface area contributed by atoms with Gasteiger partial charge in [0.15, 0.2) is 0 Å². The Balaban J connectivity index is 2.50. The molecule has 0 amide bonds. The zero-order valence-electron chi connectivity index (χ0n) is 6.83. The quantitative estimate of drug-likeness (QED) is 0.570. The van der Waals surface area contributed by atoms with Crippen LogP contribution in [0.15, 0.2) is 36.4 Å². The van der Waals surface area contributed by atoms with Crippen LogP contribution in [0.1, 0.15) is 5.56 Å². The van der Waals surface area contributed by atoms with Gasteiger partial charge in [0.25, 0.3) is 0 Å². The SMILES string of the molecule is C[B]C/C=C/c1ccccc1. The van der Waals surface area contributed by atoms with Crippen molar-refractivity contribution in [1.82, 2.24) is 0 Å². The summed E-state index contributed by atoms with van der Waals surface area (Å²) in [6.07, 6.45) is 5.35. The minimum absolute atomic E-state index is 1.05. The van der Waals surface area contributed by atoms with E-state index in [1.807, 2.05) is 6.07 Å². The lowest BCUT2D eigenvalue weighted by Crippen LogP contribution is -1.74. The maximum atomic E-state index is 2.16. The van der Waals surface area contributed by atoms with Crippen LogP contribution < -0.4 is 0 Å². The van der Waals surface area contributed by atoms with Gasteiger partial charge < -0.3 is 0 Å². The average Bonchev–Trinajstić information content (AvgIpc) is 2.07. The highest BCUT2D eigenvalue weighted by Gasteiger charge is 1.80. The van der Waals surface area contributed by atoms with Gasteiger partial charge >= 0.3 is 0 Å². The smallest absolute Gasteiger partial charge is 0.0918 e. The van der Waals surface area contributed by atoms with Crippen LogP contribution >= 0.6 is 0 Å². The molecule has 0 spiro atoms. The lowest BCUT2D eigenvalue weighted by molar-refractivity contribution is 1.63. The third-order valence-electron chi connectivity index (χ3n) is 1.48. The van der Waals surface area contributed by atoms with E-state index in [1.165, 1.54) is 5.56 Å². The van der Waals surface area contributed by atoms with Crippen molar-refractivity contribution in [3.8, 4) is 0 Å². The Morgan fingerprint density at radius 2 is 2.00 bits per heavy atom. The number of benzene rings is 1. The first-order valence-corrected chi connectivity index (χ1v) is 3.93. The topological polar surface area (TPSA) is 0 Å². The van der Waals surface area contributed by atoms with Crippen molar-refractivity contribution < 1.29 is 0 Å². The third-order valence-corrected chi connectivity index (χ3v) is 1.48. The Hall–Kier alpha value is -0.975. The Morgan fingerprint density at radius 1 is 1.27 bits per heavy atom. The highest BCUT2D eigenvalue weighted by atomic mass is 13.8. The standard InChI is InChI=1S/C10H12B/c1-11-9-5-8-10-6-3-2-4-7-10/h2-8H,9H2,1H3/b8-5+. The maximum Gasteiger partial charge on any atom is 0.110 e. The van der Waals surface area contributed by atoms with Gasteiger partial charge in [-0.2, -0.15) is 0 Å². The molecule has 0 heterocycles. The summed E-state index contributed by atoms with van der Waals surface area (Å²) in [5.74, 6) is 0. The number of rotatable bonds is 3. The van der Waals surface area contributed by atoms with E-state index in [0.717, 1.165) is 6.32 Å². The number of allylic oxidation sites excluding steroid dienone is 1. The van der Waals surface area contributed by atoms with Crippen LogP contribution in [0.4, 0.5) is 0 Å². The molecule has 0 aliphatic rings. The van der Waals surface area contributed by atoms with E-state index in [0.29, 0.717) is 0 Å². The molecule has 0 atom stereocenters. The van der Waals surface area contributed by atoms with E-state index >= 15 is 0 Å². The average molecular weight is 143 g/mol. The van der Waals surface area contributed by atoms with Crippen molar-refractivity contribution >= 4 is 13.4 Å². The molecule has 55 valence electrons. The summed E-state index contributed by atoms with van der Waals surface area (Å²) in [5, 5.41) is 0. The van der Waals surface area contributed by atoms with Gasteiger partial charge in [0.2, 0.25) is 0 Å². The van der Waals surface area contributed by atoms with E-state index in [2.05, 4.69) is 50.5 Å². The zero-order valence-corrected chi connectivity index (χ0v) is 6.83. The second kappa shape index (κ2) is 4.78. The fourth-order valence-corrected chi connectivity index (χ4v) is 0.904. The van der Waals surface area contributed by atoms with Crippen molar-refractivity contribution in [2.24, 2.45) is 0 Å². The second-order valence-electron chi connectivity index (χ2n) is 2.46. The molecule has 0 saturated carbocycles. The predicted molar refractivity (Wildman–Crippen MR) is 51.9 cm³/mol. The van der Waals surface area contributed by atoms with E-state index in [9.17, 15) is 0 Å². The fourth-order valence-electron chi connectivity index (χ4n) is 0.904. The van der Waals surface area contributed by atoms with Crippen LogP contribution in [-0.4, -0.2) is 7.28 Å². The van der Waals surface area contributed by atoms with Crippen LogP contribution in [0.2, 0.25) is 13.1 Å². The molecule has 0 saturated heterocycles. The Labute approximate surface area is 69.2 Å².